The molecule has 6 heteroatoms. The zero-order valence-electron chi connectivity index (χ0n) is 20.8. The van der Waals surface area contributed by atoms with Gasteiger partial charge in [0.15, 0.2) is 5.82 Å². The number of benzene rings is 5. The third-order valence-electron chi connectivity index (χ3n) is 7.23. The summed E-state index contributed by atoms with van der Waals surface area (Å²) in [4.78, 5) is 0. The van der Waals surface area contributed by atoms with Gasteiger partial charge in [-0.2, -0.15) is 5.10 Å². The Hall–Kier alpha value is -4.29. The zero-order chi connectivity index (χ0) is 27.0. The quantitative estimate of drug-likeness (QED) is 0.195. The first-order valence-corrected chi connectivity index (χ1v) is 13.3. The van der Waals surface area contributed by atoms with Gasteiger partial charge in [-0.05, 0) is 58.0 Å². The molecule has 0 saturated carbocycles. The van der Waals surface area contributed by atoms with E-state index in [9.17, 15) is 8.78 Å². The van der Waals surface area contributed by atoms with Crippen LogP contribution in [0.5, 0.6) is 0 Å². The van der Waals surface area contributed by atoms with Crippen LogP contribution in [-0.2, 0) is 11.8 Å². The number of nitrogens with zero attached hydrogens (tertiary/aromatic N) is 1. The fourth-order valence-corrected chi connectivity index (χ4v) is 6.29. The molecule has 3 N–H and O–H groups in total. The van der Waals surface area contributed by atoms with Crippen LogP contribution in [0, 0.1) is 11.6 Å². The maximum absolute atomic E-state index is 14.3. The molecule has 6 rings (SSSR count). The molecular weight excluding hydrogens is 556 g/mol. The number of H-pyrrole nitrogens is 1. The van der Waals surface area contributed by atoms with Gasteiger partial charge in [0.25, 0.3) is 0 Å². The smallest absolute Gasteiger partial charge is 0.153 e. The Morgan fingerprint density at radius 1 is 0.718 bits per heavy atom. The topological polar surface area (TPSA) is 54.7 Å². The third-order valence-corrected chi connectivity index (χ3v) is 7.94. The molecule has 0 amide bonds. The van der Waals surface area contributed by atoms with Gasteiger partial charge in [-0.25, -0.2) is 8.78 Å². The Morgan fingerprint density at radius 3 is 1.69 bits per heavy atom. The minimum atomic E-state index is -0.842. The van der Waals surface area contributed by atoms with Gasteiger partial charge in [-0.1, -0.05) is 107 Å². The number of aromatic amines is 1. The van der Waals surface area contributed by atoms with E-state index in [1.54, 1.807) is 0 Å². The maximum atomic E-state index is 14.3. The number of nitrogens with one attached hydrogen (secondary N) is 1. The van der Waals surface area contributed by atoms with Crippen LogP contribution < -0.4 is 5.73 Å². The van der Waals surface area contributed by atoms with E-state index in [-0.39, 0.29) is 6.42 Å². The second-order valence-corrected chi connectivity index (χ2v) is 10.4. The summed E-state index contributed by atoms with van der Waals surface area (Å²) < 4.78 is 29.5. The van der Waals surface area contributed by atoms with E-state index >= 15 is 0 Å². The number of nitrogens with two attached hydrogens (primary N) is 1. The second-order valence-electron chi connectivity index (χ2n) is 9.55. The summed E-state index contributed by atoms with van der Waals surface area (Å²) in [5.74, 6) is -0.884. The Bertz CT molecular complexity index is 1650. The van der Waals surface area contributed by atoms with Crippen molar-refractivity contribution in [3.05, 3.63) is 165 Å². The molecule has 6 aromatic rings. The molecular formula is C33H24BrF2N3. The van der Waals surface area contributed by atoms with Crippen molar-refractivity contribution in [1.82, 2.24) is 10.2 Å². The molecule has 3 nitrogen and oxygen atoms in total. The minimum Gasteiger partial charge on any atom is -0.382 e. The summed E-state index contributed by atoms with van der Waals surface area (Å²) in [6.07, 6.45) is 0.263. The number of rotatable bonds is 6. The molecule has 0 spiro atoms. The Balaban J connectivity index is 1.82. The van der Waals surface area contributed by atoms with Crippen LogP contribution in [0.3, 0.4) is 0 Å². The van der Waals surface area contributed by atoms with Crippen molar-refractivity contribution in [3.8, 4) is 0 Å². The summed E-state index contributed by atoms with van der Waals surface area (Å²) in [5.41, 5.74) is 11.8. The molecule has 0 aliphatic heterocycles. The monoisotopic (exact) mass is 579 g/mol. The fraction of sp³-hybridized carbons (Fsp3) is 0.0606. The number of fused-ring (bicyclic) bond motifs is 1. The average molecular weight is 580 g/mol. The van der Waals surface area contributed by atoms with Crippen molar-refractivity contribution in [2.75, 3.05) is 5.73 Å². The molecule has 192 valence electrons. The van der Waals surface area contributed by atoms with Crippen LogP contribution in [0.2, 0.25) is 0 Å². The van der Waals surface area contributed by atoms with Crippen molar-refractivity contribution < 1.29 is 8.78 Å². The van der Waals surface area contributed by atoms with E-state index in [4.69, 9.17) is 5.73 Å². The normalized spacial score (nSPS) is 11.7. The first kappa shape index (κ1) is 25.0. The average Bonchev–Trinajstić information content (AvgIpc) is 3.31. The predicted molar refractivity (Wildman–Crippen MR) is 156 cm³/mol. The molecule has 0 aliphatic carbocycles. The lowest BCUT2D eigenvalue weighted by molar-refractivity contribution is 0.580. The SMILES string of the molecule is Nc1n[nH]c2cc(Br)c(Cc3cc(F)cc(F)c3)c(C(c3ccccc3)(c3ccccc3)c3ccccc3)c12. The number of aromatic nitrogens is 2. The summed E-state index contributed by atoms with van der Waals surface area (Å²) >= 11 is 3.81. The zero-order valence-corrected chi connectivity index (χ0v) is 22.4. The van der Waals surface area contributed by atoms with E-state index in [0.717, 1.165) is 49.3 Å². The highest BCUT2D eigenvalue weighted by molar-refractivity contribution is 9.10. The number of anilines is 1. The first-order valence-electron chi connectivity index (χ1n) is 12.6. The third kappa shape index (κ3) is 4.31. The Morgan fingerprint density at radius 2 is 1.21 bits per heavy atom. The van der Waals surface area contributed by atoms with Crippen LogP contribution in [0.25, 0.3) is 10.9 Å². The Labute approximate surface area is 233 Å². The number of hydrogen-bond donors (Lipinski definition) is 2. The van der Waals surface area contributed by atoms with Crippen LogP contribution in [0.4, 0.5) is 14.6 Å². The second kappa shape index (κ2) is 10.1. The standard InChI is InChI=1S/C33H24BrF2N3/c34-28-20-29-30(32(37)39-38-29)31(27(28)18-21-16-25(35)19-26(36)17-21)33(22-10-4-1-5-11-22,23-12-6-2-7-13-23)24-14-8-3-9-15-24/h1-17,19-20H,18H2,(H3,37,38,39). The molecule has 5 aromatic carbocycles. The molecule has 0 bridgehead atoms. The van der Waals surface area contributed by atoms with E-state index in [1.807, 2.05) is 60.7 Å². The molecule has 0 aliphatic rings. The summed E-state index contributed by atoms with van der Waals surface area (Å²) in [5, 5.41) is 8.23. The number of nitrogen functional groups attached to an aromatic ring is 1. The van der Waals surface area contributed by atoms with Gasteiger partial charge in [-0.15, -0.1) is 0 Å². The van der Waals surface area contributed by atoms with Crippen LogP contribution >= 0.6 is 15.9 Å². The van der Waals surface area contributed by atoms with Crippen LogP contribution in [0.1, 0.15) is 33.4 Å². The highest BCUT2D eigenvalue weighted by atomic mass is 79.9. The molecule has 39 heavy (non-hydrogen) atoms. The highest BCUT2D eigenvalue weighted by Gasteiger charge is 2.42. The van der Waals surface area contributed by atoms with Gasteiger partial charge < -0.3 is 5.73 Å². The number of hydrogen-bond acceptors (Lipinski definition) is 2. The molecule has 1 heterocycles. The van der Waals surface area contributed by atoms with Gasteiger partial charge in [-0.3, -0.25) is 5.10 Å². The van der Waals surface area contributed by atoms with Gasteiger partial charge in [0.2, 0.25) is 0 Å². The molecule has 0 atom stereocenters. The van der Waals surface area contributed by atoms with Gasteiger partial charge in [0, 0.05) is 15.9 Å². The lowest BCUT2D eigenvalue weighted by Gasteiger charge is -2.39. The summed E-state index contributed by atoms with van der Waals surface area (Å²) in [7, 11) is 0. The summed E-state index contributed by atoms with van der Waals surface area (Å²) in [6.45, 7) is 0. The van der Waals surface area contributed by atoms with Crippen molar-refractivity contribution in [2.24, 2.45) is 0 Å². The van der Waals surface area contributed by atoms with Crippen molar-refractivity contribution in [2.45, 2.75) is 11.8 Å². The molecule has 0 unspecified atom stereocenters. The predicted octanol–water partition coefficient (Wildman–Crippen LogP) is 8.16. The Kier molecular flexibility index (Phi) is 6.49. The van der Waals surface area contributed by atoms with E-state index < -0.39 is 17.0 Å². The van der Waals surface area contributed by atoms with E-state index in [1.165, 1.54) is 12.1 Å². The molecule has 1 aromatic heterocycles. The molecule has 0 saturated heterocycles. The van der Waals surface area contributed by atoms with Gasteiger partial charge in [0.05, 0.1) is 10.9 Å². The number of halogens is 3. The highest BCUT2D eigenvalue weighted by Crippen LogP contribution is 2.51. The van der Waals surface area contributed by atoms with Crippen LogP contribution in [-0.4, -0.2) is 10.2 Å². The molecule has 0 radical (unpaired) electrons. The van der Waals surface area contributed by atoms with E-state index in [2.05, 4.69) is 62.5 Å². The first-order chi connectivity index (χ1) is 19.0. The van der Waals surface area contributed by atoms with Crippen molar-refractivity contribution >= 4 is 32.7 Å². The van der Waals surface area contributed by atoms with Gasteiger partial charge >= 0.3 is 0 Å². The van der Waals surface area contributed by atoms with E-state index in [0.29, 0.717) is 11.4 Å². The van der Waals surface area contributed by atoms with Crippen molar-refractivity contribution in [1.29, 1.82) is 0 Å². The summed E-state index contributed by atoms with van der Waals surface area (Å²) in [6, 6.07) is 36.3. The minimum absolute atomic E-state index is 0.263. The largest absolute Gasteiger partial charge is 0.382 e. The molecule has 0 fully saturated rings. The van der Waals surface area contributed by atoms with Gasteiger partial charge in [0.1, 0.15) is 11.6 Å². The maximum Gasteiger partial charge on any atom is 0.153 e. The van der Waals surface area contributed by atoms with Crippen molar-refractivity contribution in [3.63, 3.8) is 0 Å². The lowest BCUT2D eigenvalue weighted by Crippen LogP contribution is -2.33. The van der Waals surface area contributed by atoms with Crippen LogP contribution in [0.15, 0.2) is 120 Å². The lowest BCUT2D eigenvalue weighted by atomic mass is 9.62. The fourth-order valence-electron chi connectivity index (χ4n) is 5.72.